The summed E-state index contributed by atoms with van der Waals surface area (Å²) in [5.74, 6) is -1.40. The van der Waals surface area contributed by atoms with Crippen molar-refractivity contribution in [3.05, 3.63) is 69.3 Å². The van der Waals surface area contributed by atoms with Gasteiger partial charge in [0.05, 0.1) is 5.69 Å². The van der Waals surface area contributed by atoms with Crippen LogP contribution >= 0.6 is 0 Å². The minimum Gasteiger partial charge on any atom is -0.508 e. The summed E-state index contributed by atoms with van der Waals surface area (Å²) in [5, 5.41) is 13.4. The summed E-state index contributed by atoms with van der Waals surface area (Å²) in [6.07, 6.45) is 6.33. The molecule has 0 unspecified atom stereocenters. The predicted molar refractivity (Wildman–Crippen MR) is 116 cm³/mol. The van der Waals surface area contributed by atoms with Crippen LogP contribution in [0.4, 0.5) is 10.1 Å². The van der Waals surface area contributed by atoms with E-state index in [1.54, 1.807) is 19.1 Å². The third-order valence-corrected chi connectivity index (χ3v) is 6.30. The largest absolute Gasteiger partial charge is 0.508 e. The number of halogens is 1. The van der Waals surface area contributed by atoms with Crippen molar-refractivity contribution in [2.75, 3.05) is 5.32 Å². The Morgan fingerprint density at radius 1 is 1.20 bits per heavy atom. The number of amides is 1. The Labute approximate surface area is 174 Å². The number of phenols is 1. The van der Waals surface area contributed by atoms with Gasteiger partial charge in [-0.3, -0.25) is 9.59 Å². The van der Waals surface area contributed by atoms with Crippen molar-refractivity contribution in [2.24, 2.45) is 0 Å². The first-order chi connectivity index (χ1) is 14.3. The quantitative estimate of drug-likeness (QED) is 0.560. The normalized spacial score (nSPS) is 15.8. The van der Waals surface area contributed by atoms with Gasteiger partial charge in [-0.15, -0.1) is 0 Å². The Bertz CT molecular complexity index is 1190. The van der Waals surface area contributed by atoms with Crippen LogP contribution in [0, 0.1) is 12.7 Å². The number of aromatic amines is 1. The fraction of sp³-hybridized carbons (Fsp3) is 0.333. The lowest BCUT2D eigenvalue weighted by Gasteiger charge is -2.34. The van der Waals surface area contributed by atoms with Gasteiger partial charge in [0, 0.05) is 28.7 Å². The highest BCUT2D eigenvalue weighted by molar-refractivity contribution is 6.06. The van der Waals surface area contributed by atoms with E-state index in [1.165, 1.54) is 18.3 Å². The monoisotopic (exact) mass is 408 g/mol. The van der Waals surface area contributed by atoms with Gasteiger partial charge in [-0.25, -0.2) is 4.39 Å². The second-order valence-electron chi connectivity index (χ2n) is 8.45. The van der Waals surface area contributed by atoms with Gasteiger partial charge in [0.15, 0.2) is 0 Å². The molecule has 1 aliphatic rings. The Morgan fingerprint density at radius 2 is 1.93 bits per heavy atom. The molecule has 156 valence electrons. The topological polar surface area (TPSA) is 82.2 Å². The molecule has 1 fully saturated rings. The van der Waals surface area contributed by atoms with E-state index in [-0.39, 0.29) is 22.4 Å². The summed E-state index contributed by atoms with van der Waals surface area (Å²) >= 11 is 0. The molecular weight excluding hydrogens is 383 g/mol. The Morgan fingerprint density at radius 3 is 2.67 bits per heavy atom. The van der Waals surface area contributed by atoms with E-state index in [0.29, 0.717) is 16.5 Å². The number of aromatic nitrogens is 1. The number of H-pyrrole nitrogens is 1. The van der Waals surface area contributed by atoms with Crippen LogP contribution in [-0.4, -0.2) is 16.0 Å². The number of rotatable bonds is 3. The van der Waals surface area contributed by atoms with Crippen LogP contribution in [-0.2, 0) is 5.41 Å². The SMILES string of the molecule is Cc1cccc2[nH]cc(C(=O)Nc3cc(O)c(C4(C)CCCCC4)cc3F)c(=O)c12. The predicted octanol–water partition coefficient (Wildman–Crippen LogP) is 5.16. The summed E-state index contributed by atoms with van der Waals surface area (Å²) in [7, 11) is 0. The summed E-state index contributed by atoms with van der Waals surface area (Å²) in [6, 6.07) is 7.92. The number of fused-ring (bicyclic) bond motifs is 1. The fourth-order valence-corrected chi connectivity index (χ4v) is 4.54. The highest BCUT2D eigenvalue weighted by atomic mass is 19.1. The van der Waals surface area contributed by atoms with Crippen LogP contribution in [0.15, 0.2) is 41.3 Å². The lowest BCUT2D eigenvalue weighted by molar-refractivity contribution is 0.102. The first kappa shape index (κ1) is 20.1. The molecule has 3 aromatic rings. The molecule has 0 aliphatic heterocycles. The maximum absolute atomic E-state index is 14.8. The standard InChI is InChI=1S/C24H25FN2O3/c1-14-7-6-8-18-21(14)22(29)15(13-26-18)23(30)27-19-12-20(28)16(11-17(19)25)24(2)9-4-3-5-10-24/h6-8,11-13,28H,3-5,9-10H2,1-2H3,(H,26,29)(H,27,30). The Balaban J connectivity index is 1.67. The lowest BCUT2D eigenvalue weighted by atomic mass is 9.70. The number of carbonyl (C=O) groups excluding carboxylic acids is 1. The molecule has 2 aromatic carbocycles. The average Bonchev–Trinajstić information content (AvgIpc) is 2.71. The maximum Gasteiger partial charge on any atom is 0.261 e. The number of aryl methyl sites for hydroxylation is 1. The number of benzene rings is 2. The highest BCUT2D eigenvalue weighted by Crippen LogP contribution is 2.44. The summed E-state index contributed by atoms with van der Waals surface area (Å²) in [4.78, 5) is 28.5. The van der Waals surface area contributed by atoms with Crippen molar-refractivity contribution >= 4 is 22.5 Å². The van der Waals surface area contributed by atoms with Gasteiger partial charge >= 0.3 is 0 Å². The van der Waals surface area contributed by atoms with E-state index in [9.17, 15) is 19.1 Å². The minimum atomic E-state index is -0.726. The number of anilines is 1. The molecule has 5 nitrogen and oxygen atoms in total. The smallest absolute Gasteiger partial charge is 0.261 e. The van der Waals surface area contributed by atoms with Crippen LogP contribution in [0.3, 0.4) is 0 Å². The Hall–Kier alpha value is -3.15. The zero-order valence-electron chi connectivity index (χ0n) is 17.1. The number of aromatic hydroxyl groups is 1. The molecule has 4 rings (SSSR count). The zero-order valence-corrected chi connectivity index (χ0v) is 17.1. The van der Waals surface area contributed by atoms with E-state index >= 15 is 0 Å². The Kier molecular flexibility index (Phi) is 5.10. The lowest BCUT2D eigenvalue weighted by Crippen LogP contribution is -2.26. The van der Waals surface area contributed by atoms with E-state index in [4.69, 9.17) is 0 Å². The second kappa shape index (κ2) is 7.59. The molecule has 0 atom stereocenters. The summed E-state index contributed by atoms with van der Waals surface area (Å²) in [6.45, 7) is 3.83. The van der Waals surface area contributed by atoms with E-state index < -0.39 is 17.2 Å². The van der Waals surface area contributed by atoms with Gasteiger partial charge in [-0.2, -0.15) is 0 Å². The maximum atomic E-state index is 14.8. The molecule has 6 heteroatoms. The highest BCUT2D eigenvalue weighted by Gasteiger charge is 2.32. The van der Waals surface area contributed by atoms with Crippen LogP contribution in [0.5, 0.6) is 5.75 Å². The number of carbonyl (C=O) groups is 1. The van der Waals surface area contributed by atoms with Gasteiger partial charge in [0.1, 0.15) is 17.1 Å². The third-order valence-electron chi connectivity index (χ3n) is 6.30. The van der Waals surface area contributed by atoms with Crippen molar-refractivity contribution in [1.29, 1.82) is 0 Å². The summed E-state index contributed by atoms with van der Waals surface area (Å²) < 4.78 is 14.8. The molecule has 0 bridgehead atoms. The zero-order chi connectivity index (χ0) is 21.5. The second-order valence-corrected chi connectivity index (χ2v) is 8.45. The summed E-state index contributed by atoms with van der Waals surface area (Å²) in [5.41, 5.74) is 0.984. The molecule has 3 N–H and O–H groups in total. The van der Waals surface area contributed by atoms with Gasteiger partial charge in [-0.05, 0) is 42.9 Å². The number of hydrogen-bond donors (Lipinski definition) is 3. The number of hydrogen-bond acceptors (Lipinski definition) is 3. The number of nitrogens with one attached hydrogen (secondary N) is 2. The van der Waals surface area contributed by atoms with Crippen LogP contribution in [0.2, 0.25) is 0 Å². The molecular formula is C24H25FN2O3. The number of phenolic OH excluding ortho intramolecular Hbond substituents is 1. The number of pyridine rings is 1. The molecule has 1 amide bonds. The molecule has 1 heterocycles. The van der Waals surface area contributed by atoms with E-state index in [1.807, 2.05) is 13.0 Å². The van der Waals surface area contributed by atoms with Gasteiger partial charge in [0.25, 0.3) is 5.91 Å². The van der Waals surface area contributed by atoms with Gasteiger partial charge in [-0.1, -0.05) is 38.3 Å². The van der Waals surface area contributed by atoms with E-state index in [0.717, 1.165) is 37.7 Å². The molecule has 1 aromatic heterocycles. The minimum absolute atomic E-state index is 0.0423. The van der Waals surface area contributed by atoms with Crippen LogP contribution in [0.25, 0.3) is 10.9 Å². The molecule has 1 saturated carbocycles. The van der Waals surface area contributed by atoms with Crippen LogP contribution in [0.1, 0.15) is 60.5 Å². The van der Waals surface area contributed by atoms with Crippen molar-refractivity contribution in [1.82, 2.24) is 4.98 Å². The third kappa shape index (κ3) is 3.47. The van der Waals surface area contributed by atoms with Gasteiger partial charge in [0.2, 0.25) is 5.43 Å². The van der Waals surface area contributed by atoms with Crippen molar-refractivity contribution in [3.8, 4) is 5.75 Å². The van der Waals surface area contributed by atoms with Crippen molar-refractivity contribution in [3.63, 3.8) is 0 Å². The van der Waals surface area contributed by atoms with Crippen molar-refractivity contribution in [2.45, 2.75) is 51.4 Å². The average molecular weight is 408 g/mol. The van der Waals surface area contributed by atoms with Crippen molar-refractivity contribution < 1.29 is 14.3 Å². The molecule has 0 saturated heterocycles. The first-order valence-electron chi connectivity index (χ1n) is 10.3. The molecule has 1 aliphatic carbocycles. The van der Waals surface area contributed by atoms with Crippen LogP contribution < -0.4 is 10.7 Å². The fourth-order valence-electron chi connectivity index (χ4n) is 4.54. The molecule has 0 radical (unpaired) electrons. The van der Waals surface area contributed by atoms with E-state index in [2.05, 4.69) is 10.3 Å². The molecule has 0 spiro atoms. The van der Waals surface area contributed by atoms with Gasteiger partial charge < -0.3 is 15.4 Å². The first-order valence-corrected chi connectivity index (χ1v) is 10.3. The molecule has 30 heavy (non-hydrogen) atoms.